The number of benzene rings is 2. The predicted octanol–water partition coefficient (Wildman–Crippen LogP) is 5.00. The lowest BCUT2D eigenvalue weighted by atomic mass is 10.1. The zero-order chi connectivity index (χ0) is 22.7. The van der Waals surface area contributed by atoms with Crippen LogP contribution in [0.1, 0.15) is 32.3 Å². The minimum Gasteiger partial charge on any atom is -0.455 e. The van der Waals surface area contributed by atoms with E-state index >= 15 is 0 Å². The Labute approximate surface area is 188 Å². The molecular formula is C23H19FN2O4S2. The van der Waals surface area contributed by atoms with E-state index in [0.717, 1.165) is 10.4 Å². The molecule has 2 aromatic heterocycles. The van der Waals surface area contributed by atoms with Crippen LogP contribution in [0.2, 0.25) is 0 Å². The lowest BCUT2D eigenvalue weighted by Gasteiger charge is -2.02. The van der Waals surface area contributed by atoms with E-state index in [1.807, 2.05) is 6.07 Å². The summed E-state index contributed by atoms with van der Waals surface area (Å²) in [6.07, 6.45) is 2.12. The topological polar surface area (TPSA) is 89.3 Å². The Balaban J connectivity index is 1.40. The first-order valence-corrected chi connectivity index (χ1v) is 12.1. The molecule has 0 fully saturated rings. The summed E-state index contributed by atoms with van der Waals surface area (Å²) in [6.45, 7) is 1.70. The van der Waals surface area contributed by atoms with E-state index in [4.69, 9.17) is 4.42 Å². The molecule has 2 aromatic carbocycles. The number of anilines is 1. The molecule has 0 unspecified atom stereocenters. The first kappa shape index (κ1) is 21.9. The monoisotopic (exact) mass is 470 g/mol. The summed E-state index contributed by atoms with van der Waals surface area (Å²) in [5.41, 5.74) is 1.39. The molecule has 0 atom stereocenters. The number of hydrogen-bond donors (Lipinski definition) is 1. The number of nitrogens with one attached hydrogen (secondary N) is 1. The van der Waals surface area contributed by atoms with Crippen molar-refractivity contribution in [3.05, 3.63) is 100 Å². The number of carbonyl (C=O) groups excluding carboxylic acids is 1. The molecule has 4 rings (SSSR count). The molecule has 0 saturated carbocycles. The van der Waals surface area contributed by atoms with E-state index in [1.54, 1.807) is 37.4 Å². The lowest BCUT2D eigenvalue weighted by Crippen LogP contribution is -2.10. The standard InChI is InChI=1S/C23H19FN2O4S2/c1-15-7-8-16(12-20(15)24)11-18-13-25-23(31-18)26-22(27)21-10-9-17(30-21)14-32(28,29)19-5-3-2-4-6-19/h2-10,12-13H,11,14H2,1H3,(H,25,26,27). The van der Waals surface area contributed by atoms with Crippen molar-refractivity contribution >= 4 is 32.2 Å². The Morgan fingerprint density at radius 2 is 1.91 bits per heavy atom. The van der Waals surface area contributed by atoms with Crippen LogP contribution in [0.5, 0.6) is 0 Å². The van der Waals surface area contributed by atoms with Crippen LogP contribution in [-0.2, 0) is 22.0 Å². The van der Waals surface area contributed by atoms with Crippen LogP contribution in [-0.4, -0.2) is 19.3 Å². The third-order valence-electron chi connectivity index (χ3n) is 4.71. The van der Waals surface area contributed by atoms with E-state index in [2.05, 4.69) is 10.3 Å². The summed E-state index contributed by atoms with van der Waals surface area (Å²) in [4.78, 5) is 17.7. The zero-order valence-electron chi connectivity index (χ0n) is 17.0. The highest BCUT2D eigenvalue weighted by Crippen LogP contribution is 2.23. The van der Waals surface area contributed by atoms with Crippen LogP contribution in [0, 0.1) is 12.7 Å². The smallest absolute Gasteiger partial charge is 0.293 e. The molecule has 0 aliphatic rings. The van der Waals surface area contributed by atoms with Gasteiger partial charge in [-0.05, 0) is 48.4 Å². The van der Waals surface area contributed by atoms with Crippen LogP contribution < -0.4 is 5.32 Å². The third-order valence-corrected chi connectivity index (χ3v) is 7.28. The fourth-order valence-corrected chi connectivity index (χ4v) is 5.14. The number of halogens is 1. The first-order chi connectivity index (χ1) is 15.3. The Bertz CT molecular complexity index is 1360. The Kier molecular flexibility index (Phi) is 6.20. The fourth-order valence-electron chi connectivity index (χ4n) is 3.03. The Morgan fingerprint density at radius 3 is 2.66 bits per heavy atom. The maximum atomic E-state index is 13.7. The van der Waals surface area contributed by atoms with Crippen LogP contribution in [0.25, 0.3) is 0 Å². The van der Waals surface area contributed by atoms with Gasteiger partial charge in [0.2, 0.25) is 0 Å². The van der Waals surface area contributed by atoms with E-state index in [1.165, 1.54) is 41.7 Å². The highest BCUT2D eigenvalue weighted by molar-refractivity contribution is 7.90. The predicted molar refractivity (Wildman–Crippen MR) is 120 cm³/mol. The van der Waals surface area contributed by atoms with Crippen molar-refractivity contribution in [1.29, 1.82) is 0 Å². The fraction of sp³-hybridized carbons (Fsp3) is 0.130. The average Bonchev–Trinajstić information content (AvgIpc) is 3.40. The molecule has 164 valence electrons. The average molecular weight is 471 g/mol. The molecular weight excluding hydrogens is 451 g/mol. The molecule has 2 heterocycles. The number of carbonyl (C=O) groups is 1. The number of aromatic nitrogens is 1. The number of amides is 1. The van der Waals surface area contributed by atoms with Gasteiger partial charge in [-0.3, -0.25) is 10.1 Å². The van der Waals surface area contributed by atoms with Gasteiger partial charge >= 0.3 is 0 Å². The molecule has 0 saturated heterocycles. The summed E-state index contributed by atoms with van der Waals surface area (Å²) < 4.78 is 44.1. The number of nitrogens with zero attached hydrogens (tertiary/aromatic N) is 1. The molecule has 0 radical (unpaired) electrons. The number of sulfone groups is 1. The number of hydrogen-bond acceptors (Lipinski definition) is 6. The molecule has 0 bridgehead atoms. The normalized spacial score (nSPS) is 11.4. The van der Waals surface area contributed by atoms with E-state index in [-0.39, 0.29) is 28.0 Å². The zero-order valence-corrected chi connectivity index (χ0v) is 18.7. The second-order valence-corrected chi connectivity index (χ2v) is 10.3. The summed E-state index contributed by atoms with van der Waals surface area (Å²) in [5, 5.41) is 3.01. The number of thiazole rings is 1. The van der Waals surface area contributed by atoms with Gasteiger partial charge in [0.15, 0.2) is 20.7 Å². The van der Waals surface area contributed by atoms with Crippen LogP contribution in [0.4, 0.5) is 9.52 Å². The van der Waals surface area contributed by atoms with Crippen molar-refractivity contribution in [1.82, 2.24) is 4.98 Å². The molecule has 1 N–H and O–H groups in total. The summed E-state index contributed by atoms with van der Waals surface area (Å²) in [7, 11) is -3.58. The minimum atomic E-state index is -3.58. The van der Waals surface area contributed by atoms with Crippen molar-refractivity contribution in [3.63, 3.8) is 0 Å². The Morgan fingerprint density at radius 1 is 1.12 bits per heavy atom. The van der Waals surface area contributed by atoms with Crippen molar-refractivity contribution in [2.45, 2.75) is 24.0 Å². The number of furan rings is 1. The van der Waals surface area contributed by atoms with Crippen molar-refractivity contribution in [3.8, 4) is 0 Å². The Hall–Kier alpha value is -3.30. The van der Waals surface area contributed by atoms with Gasteiger partial charge in [0, 0.05) is 17.5 Å². The van der Waals surface area contributed by atoms with E-state index in [9.17, 15) is 17.6 Å². The molecule has 6 nitrogen and oxygen atoms in total. The van der Waals surface area contributed by atoms with Crippen molar-refractivity contribution in [2.24, 2.45) is 0 Å². The maximum absolute atomic E-state index is 13.7. The van der Waals surface area contributed by atoms with Crippen molar-refractivity contribution in [2.75, 3.05) is 5.32 Å². The highest BCUT2D eigenvalue weighted by Gasteiger charge is 2.19. The second kappa shape index (κ2) is 9.05. The van der Waals surface area contributed by atoms with Crippen LogP contribution >= 0.6 is 11.3 Å². The van der Waals surface area contributed by atoms with Crippen molar-refractivity contribution < 1.29 is 22.0 Å². The van der Waals surface area contributed by atoms with Gasteiger partial charge in [0.05, 0.1) is 4.90 Å². The van der Waals surface area contributed by atoms with Crippen LogP contribution in [0.3, 0.4) is 0 Å². The highest BCUT2D eigenvalue weighted by atomic mass is 32.2. The molecule has 4 aromatic rings. The van der Waals surface area contributed by atoms with Gasteiger partial charge in [-0.15, -0.1) is 11.3 Å². The SMILES string of the molecule is Cc1ccc(Cc2cnc(NC(=O)c3ccc(CS(=O)(=O)c4ccccc4)o3)s2)cc1F. The summed E-state index contributed by atoms with van der Waals surface area (Å²) in [5.74, 6) is -0.987. The summed E-state index contributed by atoms with van der Waals surface area (Å²) >= 11 is 1.27. The minimum absolute atomic E-state index is 0.0133. The molecule has 1 amide bonds. The molecule has 0 spiro atoms. The lowest BCUT2D eigenvalue weighted by molar-refractivity contribution is 0.0995. The van der Waals surface area contributed by atoms with Gasteiger partial charge in [0.25, 0.3) is 5.91 Å². The molecule has 9 heteroatoms. The second-order valence-electron chi connectivity index (χ2n) is 7.18. The molecule has 32 heavy (non-hydrogen) atoms. The van der Waals surface area contributed by atoms with Gasteiger partial charge in [-0.2, -0.15) is 0 Å². The van der Waals surface area contributed by atoms with E-state index < -0.39 is 15.7 Å². The number of aryl methyl sites for hydroxylation is 1. The quantitative estimate of drug-likeness (QED) is 0.411. The maximum Gasteiger partial charge on any atom is 0.293 e. The van der Waals surface area contributed by atoms with Gasteiger partial charge < -0.3 is 4.42 Å². The van der Waals surface area contributed by atoms with E-state index in [0.29, 0.717) is 17.1 Å². The molecule has 0 aliphatic heterocycles. The molecule has 0 aliphatic carbocycles. The van der Waals surface area contributed by atoms with Crippen LogP contribution in [0.15, 0.2) is 76.2 Å². The number of rotatable bonds is 7. The largest absolute Gasteiger partial charge is 0.455 e. The van der Waals surface area contributed by atoms with Gasteiger partial charge in [-0.25, -0.2) is 17.8 Å². The van der Waals surface area contributed by atoms with Gasteiger partial charge in [-0.1, -0.05) is 30.3 Å². The third kappa shape index (κ3) is 5.12. The first-order valence-electron chi connectivity index (χ1n) is 9.68. The summed E-state index contributed by atoms with van der Waals surface area (Å²) in [6, 6.07) is 16.0. The van der Waals surface area contributed by atoms with Gasteiger partial charge in [0.1, 0.15) is 17.3 Å².